The van der Waals surface area contributed by atoms with Crippen molar-refractivity contribution < 1.29 is 5.11 Å². The van der Waals surface area contributed by atoms with E-state index in [1.54, 1.807) is 0 Å². The highest BCUT2D eigenvalue weighted by molar-refractivity contribution is 5.17. The van der Waals surface area contributed by atoms with Crippen LogP contribution in [0.25, 0.3) is 0 Å². The van der Waals surface area contributed by atoms with Gasteiger partial charge in [0.15, 0.2) is 0 Å². The molecule has 89 valence electrons. The van der Waals surface area contributed by atoms with Crippen molar-refractivity contribution in [1.29, 1.82) is 0 Å². The zero-order valence-electron chi connectivity index (χ0n) is 10.4. The van der Waals surface area contributed by atoms with Gasteiger partial charge in [-0.1, -0.05) is 44.0 Å². The van der Waals surface area contributed by atoms with Crippen molar-refractivity contribution >= 4 is 0 Å². The monoisotopic (exact) mass is 219 g/mol. The smallest absolute Gasteiger partial charge is 0.0512 e. The minimum Gasteiger partial charge on any atom is -0.393 e. The summed E-state index contributed by atoms with van der Waals surface area (Å²) in [6.07, 6.45) is 5.47. The third-order valence-electron chi connectivity index (χ3n) is 3.01. The van der Waals surface area contributed by atoms with E-state index in [1.807, 2.05) is 19.1 Å². The Bertz CT molecular complexity index is 266. The Hall–Kier alpha value is -0.820. The minimum atomic E-state index is -0.187. The molecule has 1 rings (SSSR count). The molecule has 0 aliphatic carbocycles. The first-order chi connectivity index (χ1) is 7.74. The summed E-state index contributed by atoms with van der Waals surface area (Å²) in [4.78, 5) is 0. The standard InChI is InChI=1S/C15H23O/c1-3-4-8-15(12-11-13(2)16)14-9-6-5-7-10-14/h5-7,9,13,15-16H,3-4,8,11-12H2,1-2H3. The Kier molecular flexibility index (Phi) is 6.17. The lowest BCUT2D eigenvalue weighted by atomic mass is 9.89. The third kappa shape index (κ3) is 4.80. The van der Waals surface area contributed by atoms with Crippen molar-refractivity contribution in [2.75, 3.05) is 0 Å². The van der Waals surface area contributed by atoms with Gasteiger partial charge in [0, 0.05) is 0 Å². The molecule has 0 fully saturated rings. The number of hydrogen-bond acceptors (Lipinski definition) is 1. The van der Waals surface area contributed by atoms with Gasteiger partial charge in [0.05, 0.1) is 6.10 Å². The Morgan fingerprint density at radius 2 is 2.06 bits per heavy atom. The lowest BCUT2D eigenvalue weighted by molar-refractivity contribution is 0.177. The van der Waals surface area contributed by atoms with Gasteiger partial charge in [-0.15, -0.1) is 0 Å². The van der Waals surface area contributed by atoms with E-state index in [0.717, 1.165) is 12.8 Å². The molecule has 1 N–H and O–H groups in total. The van der Waals surface area contributed by atoms with Crippen LogP contribution in [-0.2, 0) is 0 Å². The molecular weight excluding hydrogens is 196 g/mol. The Labute approximate surface area is 99.5 Å². The van der Waals surface area contributed by atoms with Gasteiger partial charge in [0.2, 0.25) is 0 Å². The van der Waals surface area contributed by atoms with Crippen molar-refractivity contribution in [1.82, 2.24) is 0 Å². The van der Waals surface area contributed by atoms with Gasteiger partial charge in [-0.25, -0.2) is 0 Å². The van der Waals surface area contributed by atoms with Crippen LogP contribution in [0.3, 0.4) is 0 Å². The van der Waals surface area contributed by atoms with Crippen LogP contribution in [0.2, 0.25) is 0 Å². The maximum atomic E-state index is 9.36. The topological polar surface area (TPSA) is 20.2 Å². The van der Waals surface area contributed by atoms with Crippen LogP contribution < -0.4 is 0 Å². The summed E-state index contributed by atoms with van der Waals surface area (Å²) < 4.78 is 0. The van der Waals surface area contributed by atoms with Gasteiger partial charge in [-0.05, 0) is 43.7 Å². The molecule has 0 bridgehead atoms. The lowest BCUT2D eigenvalue weighted by Crippen LogP contribution is -2.05. The first-order valence-corrected chi connectivity index (χ1v) is 6.38. The van der Waals surface area contributed by atoms with Gasteiger partial charge < -0.3 is 5.11 Å². The summed E-state index contributed by atoms with van der Waals surface area (Å²) >= 11 is 0. The third-order valence-corrected chi connectivity index (χ3v) is 3.01. The zero-order valence-corrected chi connectivity index (χ0v) is 10.4. The Balaban J connectivity index is 2.56. The predicted octanol–water partition coefficient (Wildman–Crippen LogP) is 3.92. The van der Waals surface area contributed by atoms with Crippen LogP contribution in [0, 0.1) is 6.07 Å². The van der Waals surface area contributed by atoms with Gasteiger partial charge in [0.25, 0.3) is 0 Å². The first-order valence-electron chi connectivity index (χ1n) is 6.38. The average molecular weight is 219 g/mol. The van der Waals surface area contributed by atoms with E-state index in [9.17, 15) is 5.11 Å². The van der Waals surface area contributed by atoms with E-state index in [4.69, 9.17) is 0 Å². The molecule has 16 heavy (non-hydrogen) atoms. The molecule has 0 saturated heterocycles. The largest absolute Gasteiger partial charge is 0.393 e. The zero-order chi connectivity index (χ0) is 11.8. The molecular formula is C15H23O. The second kappa shape index (κ2) is 7.45. The molecule has 0 amide bonds. The summed E-state index contributed by atoms with van der Waals surface area (Å²) in [5, 5.41) is 9.36. The summed E-state index contributed by atoms with van der Waals surface area (Å²) in [6.45, 7) is 4.09. The fraction of sp³-hybridized carbons (Fsp3) is 0.600. The van der Waals surface area contributed by atoms with Crippen LogP contribution in [-0.4, -0.2) is 11.2 Å². The number of aliphatic hydroxyl groups is 1. The van der Waals surface area contributed by atoms with Crippen LogP contribution in [0.1, 0.15) is 57.4 Å². The maximum absolute atomic E-state index is 9.36. The fourth-order valence-electron chi connectivity index (χ4n) is 2.01. The van der Waals surface area contributed by atoms with Crippen LogP contribution in [0.5, 0.6) is 0 Å². The quantitative estimate of drug-likeness (QED) is 0.737. The van der Waals surface area contributed by atoms with Gasteiger partial charge in [0.1, 0.15) is 0 Å². The normalized spacial score (nSPS) is 14.7. The molecule has 0 aromatic heterocycles. The van der Waals surface area contributed by atoms with E-state index < -0.39 is 0 Å². The highest BCUT2D eigenvalue weighted by Crippen LogP contribution is 2.27. The van der Waals surface area contributed by atoms with Crippen molar-refractivity contribution in [3.8, 4) is 0 Å². The predicted molar refractivity (Wildman–Crippen MR) is 68.5 cm³/mol. The number of unbranched alkanes of at least 4 members (excludes halogenated alkanes) is 1. The molecule has 0 heterocycles. The molecule has 1 radical (unpaired) electrons. The molecule has 0 aliphatic rings. The molecule has 0 saturated carbocycles. The van der Waals surface area contributed by atoms with Crippen LogP contribution in [0.15, 0.2) is 24.3 Å². The minimum absolute atomic E-state index is 0.187. The molecule has 2 unspecified atom stereocenters. The average Bonchev–Trinajstić information content (AvgIpc) is 2.30. The SMILES string of the molecule is CCCCC(CCC(C)O)c1[c]cccc1. The Morgan fingerprint density at radius 3 is 2.62 bits per heavy atom. The summed E-state index contributed by atoms with van der Waals surface area (Å²) in [5.74, 6) is 0.566. The van der Waals surface area contributed by atoms with Crippen LogP contribution >= 0.6 is 0 Å². The van der Waals surface area contributed by atoms with E-state index >= 15 is 0 Å². The molecule has 1 nitrogen and oxygen atoms in total. The number of rotatable bonds is 7. The van der Waals surface area contributed by atoms with Gasteiger partial charge in [-0.3, -0.25) is 0 Å². The first kappa shape index (κ1) is 13.2. The number of aliphatic hydroxyl groups excluding tert-OH is 1. The highest BCUT2D eigenvalue weighted by Gasteiger charge is 2.11. The fourth-order valence-corrected chi connectivity index (χ4v) is 2.01. The highest BCUT2D eigenvalue weighted by atomic mass is 16.3. The van der Waals surface area contributed by atoms with Crippen molar-refractivity contribution in [2.45, 2.75) is 58.0 Å². The molecule has 0 aliphatic heterocycles. The van der Waals surface area contributed by atoms with E-state index in [-0.39, 0.29) is 6.10 Å². The second-order valence-corrected chi connectivity index (χ2v) is 4.58. The lowest BCUT2D eigenvalue weighted by Gasteiger charge is -2.17. The number of benzene rings is 1. The van der Waals surface area contributed by atoms with E-state index in [1.165, 1.54) is 24.8 Å². The molecule has 0 spiro atoms. The Morgan fingerprint density at radius 1 is 1.25 bits per heavy atom. The van der Waals surface area contributed by atoms with Crippen molar-refractivity contribution in [3.05, 3.63) is 35.9 Å². The van der Waals surface area contributed by atoms with E-state index in [2.05, 4.69) is 25.1 Å². The van der Waals surface area contributed by atoms with Crippen molar-refractivity contribution in [2.24, 2.45) is 0 Å². The van der Waals surface area contributed by atoms with E-state index in [0.29, 0.717) is 5.92 Å². The molecule has 1 aromatic rings. The van der Waals surface area contributed by atoms with Gasteiger partial charge in [-0.2, -0.15) is 0 Å². The number of hydrogen-bond donors (Lipinski definition) is 1. The molecule has 2 atom stereocenters. The van der Waals surface area contributed by atoms with Crippen molar-refractivity contribution in [3.63, 3.8) is 0 Å². The summed E-state index contributed by atoms with van der Waals surface area (Å²) in [6, 6.07) is 11.5. The maximum Gasteiger partial charge on any atom is 0.0512 e. The second-order valence-electron chi connectivity index (χ2n) is 4.58. The van der Waals surface area contributed by atoms with Crippen LogP contribution in [0.4, 0.5) is 0 Å². The summed E-state index contributed by atoms with van der Waals surface area (Å²) in [5.41, 5.74) is 1.30. The van der Waals surface area contributed by atoms with Gasteiger partial charge >= 0.3 is 0 Å². The molecule has 1 aromatic carbocycles. The molecule has 1 heteroatoms. The summed E-state index contributed by atoms with van der Waals surface area (Å²) in [7, 11) is 0.